The first kappa shape index (κ1) is 25.5. The Bertz CT molecular complexity index is 1260. The van der Waals surface area contributed by atoms with Crippen molar-refractivity contribution in [3.05, 3.63) is 65.3 Å². The summed E-state index contributed by atoms with van der Waals surface area (Å²) in [6, 6.07) is 10.2. The minimum absolute atomic E-state index is 0.0240. The maximum Gasteiger partial charge on any atom is 0.231 e. The number of carbonyl (C=O) groups excluding carboxylic acids is 1. The second kappa shape index (κ2) is 9.65. The molecule has 0 bridgehead atoms. The zero-order valence-corrected chi connectivity index (χ0v) is 22.4. The van der Waals surface area contributed by atoms with Gasteiger partial charge in [-0.2, -0.15) is 4.98 Å². The van der Waals surface area contributed by atoms with Crippen molar-refractivity contribution >= 4 is 5.91 Å². The first-order valence-electron chi connectivity index (χ1n) is 13.2. The summed E-state index contributed by atoms with van der Waals surface area (Å²) >= 11 is 0. The fourth-order valence-electron chi connectivity index (χ4n) is 6.09. The average Bonchev–Trinajstić information content (AvgIpc) is 3.38. The highest BCUT2D eigenvalue weighted by Crippen LogP contribution is 2.50. The number of piperidine rings is 1. The van der Waals surface area contributed by atoms with E-state index in [9.17, 15) is 9.90 Å². The number of carbonyl (C=O) groups is 1. The minimum atomic E-state index is -1.24. The number of benzene rings is 1. The zero-order valence-electron chi connectivity index (χ0n) is 22.4. The molecule has 8 heteroatoms. The van der Waals surface area contributed by atoms with Crippen molar-refractivity contribution in [1.29, 1.82) is 0 Å². The van der Waals surface area contributed by atoms with Crippen LogP contribution in [0.4, 0.5) is 0 Å². The molecular weight excluding hydrogens is 466 g/mol. The smallest absolute Gasteiger partial charge is 0.231 e. The van der Waals surface area contributed by atoms with Crippen molar-refractivity contribution in [3.63, 3.8) is 0 Å². The number of nitrogens with zero attached hydrogens (tertiary/aromatic N) is 5. The van der Waals surface area contributed by atoms with Crippen LogP contribution < -0.4 is 0 Å². The molecule has 8 nitrogen and oxygen atoms in total. The van der Waals surface area contributed by atoms with Crippen molar-refractivity contribution in [2.45, 2.75) is 58.0 Å². The number of rotatable bonds is 6. The molecule has 0 radical (unpaired) electrons. The number of hydrogen-bond acceptors (Lipinski definition) is 7. The Hall–Kier alpha value is -3.10. The second-order valence-electron chi connectivity index (χ2n) is 11.4. The number of hydrogen-bond donors (Lipinski definition) is 1. The van der Waals surface area contributed by atoms with Gasteiger partial charge in [0.05, 0.1) is 5.92 Å². The van der Waals surface area contributed by atoms with E-state index in [0.29, 0.717) is 35.3 Å². The molecule has 0 spiro atoms. The summed E-state index contributed by atoms with van der Waals surface area (Å²) < 4.78 is 5.65. The molecule has 2 aliphatic heterocycles. The van der Waals surface area contributed by atoms with Crippen molar-refractivity contribution in [2.75, 3.05) is 33.2 Å². The van der Waals surface area contributed by atoms with Crippen molar-refractivity contribution in [3.8, 4) is 11.4 Å². The fourth-order valence-corrected chi connectivity index (χ4v) is 6.09. The summed E-state index contributed by atoms with van der Waals surface area (Å²) in [5.41, 5.74) is 1.87. The van der Waals surface area contributed by atoms with E-state index in [1.54, 1.807) is 19.3 Å². The van der Waals surface area contributed by atoms with Crippen LogP contribution >= 0.6 is 0 Å². The zero-order chi connectivity index (χ0) is 26.4. The van der Waals surface area contributed by atoms with E-state index in [4.69, 9.17) is 4.52 Å². The van der Waals surface area contributed by atoms with Crippen LogP contribution in [0.3, 0.4) is 0 Å². The third-order valence-corrected chi connectivity index (χ3v) is 8.18. The van der Waals surface area contributed by atoms with Crippen molar-refractivity contribution in [1.82, 2.24) is 24.9 Å². The highest BCUT2D eigenvalue weighted by atomic mass is 16.5. The van der Waals surface area contributed by atoms with E-state index in [2.05, 4.69) is 60.0 Å². The van der Waals surface area contributed by atoms with Crippen LogP contribution in [-0.2, 0) is 10.4 Å². The van der Waals surface area contributed by atoms with E-state index in [0.717, 1.165) is 38.0 Å². The third-order valence-electron chi connectivity index (χ3n) is 8.18. The fraction of sp³-hybridized carbons (Fsp3) is 0.517. The van der Waals surface area contributed by atoms with E-state index in [-0.39, 0.29) is 17.2 Å². The molecule has 3 aromatic rings. The maximum atomic E-state index is 12.5. The summed E-state index contributed by atoms with van der Waals surface area (Å²) in [5, 5.41) is 16.7. The number of aliphatic hydroxyl groups is 1. The van der Waals surface area contributed by atoms with Gasteiger partial charge in [-0.05, 0) is 43.0 Å². The molecule has 196 valence electrons. The highest BCUT2D eigenvalue weighted by Gasteiger charge is 2.55. The second-order valence-corrected chi connectivity index (χ2v) is 11.4. The molecule has 2 aliphatic rings. The Balaban J connectivity index is 1.49. The lowest BCUT2D eigenvalue weighted by Crippen LogP contribution is -2.63. The molecule has 2 fully saturated rings. The predicted octanol–water partition coefficient (Wildman–Crippen LogP) is 4.17. The minimum Gasteiger partial charge on any atom is -0.380 e. The van der Waals surface area contributed by atoms with Crippen LogP contribution in [0.1, 0.15) is 75.0 Å². The van der Waals surface area contributed by atoms with Gasteiger partial charge in [-0.3, -0.25) is 9.78 Å². The monoisotopic (exact) mass is 503 g/mol. The van der Waals surface area contributed by atoms with Gasteiger partial charge in [0.25, 0.3) is 0 Å². The average molecular weight is 504 g/mol. The van der Waals surface area contributed by atoms with E-state index in [1.807, 2.05) is 23.1 Å². The number of aromatic nitrogens is 3. The SMILES string of the molecule is CC(=O)N1CCCC(c2nc(-c3cncc(C(O)(c4ccc(C(C)C)cc4)C4(C)CN(C)C4)c3)no2)C1. The molecule has 37 heavy (non-hydrogen) atoms. The van der Waals surface area contributed by atoms with Crippen LogP contribution in [0, 0.1) is 5.41 Å². The summed E-state index contributed by atoms with van der Waals surface area (Å²) in [4.78, 5) is 25.1. The lowest BCUT2D eigenvalue weighted by atomic mass is 9.62. The van der Waals surface area contributed by atoms with Gasteiger partial charge in [-0.1, -0.05) is 50.2 Å². The topological polar surface area (TPSA) is 95.6 Å². The van der Waals surface area contributed by atoms with Gasteiger partial charge in [0.15, 0.2) is 0 Å². The molecule has 2 unspecified atom stereocenters. The van der Waals surface area contributed by atoms with Gasteiger partial charge >= 0.3 is 0 Å². The van der Waals surface area contributed by atoms with Crippen LogP contribution in [-0.4, -0.2) is 69.2 Å². The molecule has 2 aromatic heterocycles. The van der Waals surface area contributed by atoms with Gasteiger partial charge in [0.2, 0.25) is 17.6 Å². The van der Waals surface area contributed by atoms with Gasteiger partial charge in [-0.15, -0.1) is 0 Å². The molecule has 1 amide bonds. The Labute approximate surface area is 218 Å². The third kappa shape index (κ3) is 4.57. The lowest BCUT2D eigenvalue weighted by Gasteiger charge is -2.55. The lowest BCUT2D eigenvalue weighted by molar-refractivity contribution is -0.130. The van der Waals surface area contributed by atoms with Gasteiger partial charge < -0.3 is 19.4 Å². The summed E-state index contributed by atoms with van der Waals surface area (Å²) in [6.45, 7) is 10.9. The first-order chi connectivity index (χ1) is 17.6. The number of pyridine rings is 1. The molecule has 2 saturated heterocycles. The van der Waals surface area contributed by atoms with Crippen LogP contribution in [0.15, 0.2) is 47.2 Å². The summed E-state index contributed by atoms with van der Waals surface area (Å²) in [7, 11) is 2.07. The van der Waals surface area contributed by atoms with Crippen LogP contribution in [0.25, 0.3) is 11.4 Å². The molecule has 0 saturated carbocycles. The molecule has 0 aliphatic carbocycles. The molecule has 1 N–H and O–H groups in total. The summed E-state index contributed by atoms with van der Waals surface area (Å²) in [5.74, 6) is 1.49. The van der Waals surface area contributed by atoms with Crippen LogP contribution in [0.2, 0.25) is 0 Å². The largest absolute Gasteiger partial charge is 0.380 e. The molecule has 1 aromatic carbocycles. The van der Waals surface area contributed by atoms with Gasteiger partial charge in [0, 0.05) is 62.0 Å². The Morgan fingerprint density at radius 1 is 1.19 bits per heavy atom. The standard InChI is InChI=1S/C29H37N5O3/c1-19(2)21-8-10-24(11-9-21)29(36,28(4)17-33(5)18-28)25-13-23(14-30-15-25)26-31-27(37-32-26)22-7-6-12-34(16-22)20(3)35/h8-11,13-15,19,22,36H,6-7,12,16-18H2,1-5H3. The Morgan fingerprint density at radius 3 is 2.57 bits per heavy atom. The summed E-state index contributed by atoms with van der Waals surface area (Å²) in [6.07, 6.45) is 5.27. The maximum absolute atomic E-state index is 12.5. The van der Waals surface area contributed by atoms with Crippen molar-refractivity contribution < 1.29 is 14.4 Å². The van der Waals surface area contributed by atoms with Crippen LogP contribution in [0.5, 0.6) is 0 Å². The van der Waals surface area contributed by atoms with E-state index in [1.165, 1.54) is 5.56 Å². The molecule has 2 atom stereocenters. The molecule has 4 heterocycles. The predicted molar refractivity (Wildman–Crippen MR) is 141 cm³/mol. The number of amides is 1. The molecule has 5 rings (SSSR count). The Morgan fingerprint density at radius 2 is 1.92 bits per heavy atom. The normalized spacial score (nSPS) is 21.5. The Kier molecular flexibility index (Phi) is 6.66. The van der Waals surface area contributed by atoms with Crippen molar-refractivity contribution in [2.24, 2.45) is 5.41 Å². The highest BCUT2D eigenvalue weighted by molar-refractivity contribution is 5.73. The van der Waals surface area contributed by atoms with Gasteiger partial charge in [-0.25, -0.2) is 0 Å². The van der Waals surface area contributed by atoms with E-state index >= 15 is 0 Å². The van der Waals surface area contributed by atoms with E-state index < -0.39 is 5.60 Å². The quantitative estimate of drug-likeness (QED) is 0.539. The number of likely N-dealkylation sites (tertiary alicyclic amines) is 2. The molecular formula is C29H37N5O3. The first-order valence-corrected chi connectivity index (χ1v) is 13.2. The van der Waals surface area contributed by atoms with Gasteiger partial charge in [0.1, 0.15) is 5.60 Å².